The lowest BCUT2D eigenvalue weighted by Crippen LogP contribution is -2.13. The summed E-state index contributed by atoms with van der Waals surface area (Å²) in [5.41, 5.74) is 2.34. The average molecular weight is 297 g/mol. The van der Waals surface area contributed by atoms with Gasteiger partial charge in [0, 0.05) is 11.3 Å². The molecule has 2 rings (SSSR count). The number of aryl methyl sites for hydroxylation is 1. The summed E-state index contributed by atoms with van der Waals surface area (Å²) in [4.78, 5) is 12.1. The highest BCUT2D eigenvalue weighted by Gasteiger charge is 2.05. The summed E-state index contributed by atoms with van der Waals surface area (Å²) < 4.78 is 10.5. The van der Waals surface area contributed by atoms with Gasteiger partial charge in [0.25, 0.3) is 5.91 Å². The third-order valence-electron chi connectivity index (χ3n) is 3.10. The van der Waals surface area contributed by atoms with Crippen LogP contribution in [0.15, 0.2) is 60.4 Å². The Morgan fingerprint density at radius 2 is 1.59 bits per heavy atom. The van der Waals surface area contributed by atoms with Gasteiger partial charge in [0.1, 0.15) is 11.5 Å². The van der Waals surface area contributed by atoms with Crippen molar-refractivity contribution in [1.82, 2.24) is 0 Å². The molecular formula is C18H19NO3. The van der Waals surface area contributed by atoms with Crippen molar-refractivity contribution in [3.8, 4) is 11.5 Å². The normalized spacial score (nSPS) is 11.0. The van der Waals surface area contributed by atoms with Crippen LogP contribution in [0.1, 0.15) is 12.5 Å². The number of benzene rings is 2. The van der Waals surface area contributed by atoms with Crippen molar-refractivity contribution in [3.63, 3.8) is 0 Å². The maximum absolute atomic E-state index is 12.1. The van der Waals surface area contributed by atoms with Crippen molar-refractivity contribution < 1.29 is 14.3 Å². The van der Waals surface area contributed by atoms with Crippen LogP contribution in [0.25, 0.3) is 0 Å². The van der Waals surface area contributed by atoms with E-state index < -0.39 is 0 Å². The van der Waals surface area contributed by atoms with E-state index in [4.69, 9.17) is 9.47 Å². The molecule has 1 N–H and O–H groups in total. The van der Waals surface area contributed by atoms with Gasteiger partial charge in [-0.3, -0.25) is 4.79 Å². The highest BCUT2D eigenvalue weighted by Crippen LogP contribution is 2.16. The molecule has 2 aromatic carbocycles. The number of amides is 1. The molecule has 0 atom stereocenters. The number of carbonyl (C=O) groups is 1. The van der Waals surface area contributed by atoms with Crippen molar-refractivity contribution in [1.29, 1.82) is 0 Å². The lowest BCUT2D eigenvalue weighted by Gasteiger charge is -2.07. The molecule has 22 heavy (non-hydrogen) atoms. The Morgan fingerprint density at radius 3 is 2.18 bits per heavy atom. The predicted molar refractivity (Wildman–Crippen MR) is 87.2 cm³/mol. The van der Waals surface area contributed by atoms with Crippen LogP contribution >= 0.6 is 0 Å². The number of methoxy groups -OCH3 is 1. The molecule has 1 amide bonds. The topological polar surface area (TPSA) is 47.6 Å². The van der Waals surface area contributed by atoms with E-state index >= 15 is 0 Å². The molecule has 4 nitrogen and oxygen atoms in total. The quantitative estimate of drug-likeness (QED) is 0.672. The first-order chi connectivity index (χ1) is 10.6. The van der Waals surface area contributed by atoms with Crippen molar-refractivity contribution in [2.45, 2.75) is 13.8 Å². The second-order valence-corrected chi connectivity index (χ2v) is 4.91. The highest BCUT2D eigenvalue weighted by atomic mass is 16.5. The lowest BCUT2D eigenvalue weighted by molar-refractivity contribution is -0.112. The number of carbonyl (C=O) groups excluding carboxylic acids is 1. The summed E-state index contributed by atoms with van der Waals surface area (Å²) in [6.07, 6.45) is 1.45. The minimum absolute atomic E-state index is 0.211. The fourth-order valence-corrected chi connectivity index (χ4v) is 1.73. The molecule has 0 saturated heterocycles. The molecule has 0 unspecified atom stereocenters. The minimum Gasteiger partial charge on any atom is -0.497 e. The van der Waals surface area contributed by atoms with Crippen molar-refractivity contribution in [3.05, 3.63) is 65.9 Å². The average Bonchev–Trinajstić information content (AvgIpc) is 2.54. The highest BCUT2D eigenvalue weighted by molar-refractivity contribution is 6.03. The van der Waals surface area contributed by atoms with E-state index in [0.717, 1.165) is 11.3 Å². The summed E-state index contributed by atoms with van der Waals surface area (Å²) in [5, 5.41) is 2.80. The first-order valence-electron chi connectivity index (χ1n) is 6.94. The van der Waals surface area contributed by atoms with Crippen molar-refractivity contribution in [2.24, 2.45) is 0 Å². The Labute approximate surface area is 130 Å². The number of anilines is 1. The van der Waals surface area contributed by atoms with Crippen LogP contribution in [-0.2, 0) is 4.79 Å². The van der Waals surface area contributed by atoms with Gasteiger partial charge in [-0.15, -0.1) is 0 Å². The maximum atomic E-state index is 12.1. The number of ether oxygens (including phenoxy) is 2. The number of nitrogens with one attached hydrogen (secondary N) is 1. The summed E-state index contributed by atoms with van der Waals surface area (Å²) in [6, 6.07) is 14.8. The maximum Gasteiger partial charge on any atom is 0.254 e. The van der Waals surface area contributed by atoms with E-state index in [1.807, 2.05) is 31.2 Å². The summed E-state index contributed by atoms with van der Waals surface area (Å²) in [7, 11) is 1.60. The Morgan fingerprint density at radius 1 is 1.00 bits per heavy atom. The second-order valence-electron chi connectivity index (χ2n) is 4.91. The number of hydrogen-bond donors (Lipinski definition) is 1. The lowest BCUT2D eigenvalue weighted by atomic mass is 10.2. The predicted octanol–water partition coefficient (Wildman–Crippen LogP) is 3.92. The van der Waals surface area contributed by atoms with Gasteiger partial charge in [-0.2, -0.15) is 0 Å². The zero-order valence-electron chi connectivity index (χ0n) is 12.9. The number of rotatable bonds is 5. The van der Waals surface area contributed by atoms with Crippen LogP contribution in [0, 0.1) is 6.92 Å². The van der Waals surface area contributed by atoms with Gasteiger partial charge in [-0.1, -0.05) is 17.7 Å². The Hall–Kier alpha value is -2.75. The third kappa shape index (κ3) is 4.38. The van der Waals surface area contributed by atoms with Gasteiger partial charge in [-0.25, -0.2) is 0 Å². The first kappa shape index (κ1) is 15.6. The van der Waals surface area contributed by atoms with Crippen molar-refractivity contribution >= 4 is 11.6 Å². The van der Waals surface area contributed by atoms with E-state index in [2.05, 4.69) is 5.32 Å². The zero-order valence-corrected chi connectivity index (χ0v) is 12.9. The van der Waals surface area contributed by atoms with Gasteiger partial charge in [0.15, 0.2) is 0 Å². The fraction of sp³-hybridized carbons (Fsp3) is 0.167. The van der Waals surface area contributed by atoms with Crippen LogP contribution in [0.5, 0.6) is 11.5 Å². The van der Waals surface area contributed by atoms with Gasteiger partial charge in [-0.05, 0) is 50.2 Å². The molecule has 0 fully saturated rings. The zero-order chi connectivity index (χ0) is 15.9. The number of hydrogen-bond acceptors (Lipinski definition) is 3. The Bertz CT molecular complexity index is 658. The van der Waals surface area contributed by atoms with E-state index in [9.17, 15) is 4.79 Å². The van der Waals surface area contributed by atoms with E-state index in [-0.39, 0.29) is 5.91 Å². The molecule has 0 aliphatic rings. The molecule has 0 aliphatic heterocycles. The molecule has 2 aromatic rings. The molecule has 0 radical (unpaired) electrons. The standard InChI is InChI=1S/C18H19NO3/c1-13-4-8-17(9-5-13)22-12-14(2)18(20)19-15-6-10-16(21-3)11-7-15/h4-12H,1-3H3,(H,19,20)/b14-12+. The largest absolute Gasteiger partial charge is 0.497 e. The van der Waals surface area contributed by atoms with E-state index in [1.54, 1.807) is 38.3 Å². The van der Waals surface area contributed by atoms with E-state index in [0.29, 0.717) is 17.0 Å². The van der Waals surface area contributed by atoms with Crippen LogP contribution < -0.4 is 14.8 Å². The first-order valence-corrected chi connectivity index (χ1v) is 6.94. The van der Waals surface area contributed by atoms with Gasteiger partial charge in [0.05, 0.1) is 13.4 Å². The monoisotopic (exact) mass is 297 g/mol. The van der Waals surface area contributed by atoms with Crippen LogP contribution in [0.3, 0.4) is 0 Å². The van der Waals surface area contributed by atoms with Gasteiger partial charge >= 0.3 is 0 Å². The summed E-state index contributed by atoms with van der Waals surface area (Å²) in [5.74, 6) is 1.23. The SMILES string of the molecule is COc1ccc(NC(=O)/C(C)=C/Oc2ccc(C)cc2)cc1. The molecule has 0 saturated carbocycles. The third-order valence-corrected chi connectivity index (χ3v) is 3.10. The molecule has 0 aliphatic carbocycles. The fourth-order valence-electron chi connectivity index (χ4n) is 1.73. The van der Waals surface area contributed by atoms with Gasteiger partial charge in [0.2, 0.25) is 0 Å². The van der Waals surface area contributed by atoms with Crippen LogP contribution in [-0.4, -0.2) is 13.0 Å². The molecule has 4 heteroatoms. The molecular weight excluding hydrogens is 278 g/mol. The summed E-state index contributed by atoms with van der Waals surface area (Å²) in [6.45, 7) is 3.71. The molecule has 0 bridgehead atoms. The summed E-state index contributed by atoms with van der Waals surface area (Å²) >= 11 is 0. The van der Waals surface area contributed by atoms with Gasteiger partial charge < -0.3 is 14.8 Å². The Kier molecular flexibility index (Phi) is 5.20. The van der Waals surface area contributed by atoms with Crippen LogP contribution in [0.4, 0.5) is 5.69 Å². The molecule has 0 spiro atoms. The molecule has 0 aromatic heterocycles. The van der Waals surface area contributed by atoms with Crippen LogP contribution in [0.2, 0.25) is 0 Å². The second kappa shape index (κ2) is 7.31. The Balaban J connectivity index is 1.95. The van der Waals surface area contributed by atoms with Crippen molar-refractivity contribution in [2.75, 3.05) is 12.4 Å². The molecule has 114 valence electrons. The smallest absolute Gasteiger partial charge is 0.254 e. The minimum atomic E-state index is -0.211. The van der Waals surface area contributed by atoms with E-state index in [1.165, 1.54) is 6.26 Å². The molecule has 0 heterocycles.